The number of carbonyl (C=O) groups is 2. The summed E-state index contributed by atoms with van der Waals surface area (Å²) >= 11 is 0. The highest BCUT2D eigenvalue weighted by molar-refractivity contribution is 5.79. The number of likely N-dealkylation sites (tertiary alicyclic amines) is 1. The summed E-state index contributed by atoms with van der Waals surface area (Å²) in [6.07, 6.45) is 7.00. The number of amides is 1. The van der Waals surface area contributed by atoms with E-state index in [1.807, 2.05) is 13.2 Å². The zero-order valence-electron chi connectivity index (χ0n) is 12.2. The van der Waals surface area contributed by atoms with Crippen molar-refractivity contribution < 1.29 is 14.7 Å². The van der Waals surface area contributed by atoms with Crippen molar-refractivity contribution in [2.45, 2.75) is 25.7 Å². The Bertz CT molecular complexity index is 550. The maximum absolute atomic E-state index is 12.3. The quantitative estimate of drug-likeness (QED) is 0.875. The molecule has 21 heavy (non-hydrogen) atoms. The lowest BCUT2D eigenvalue weighted by atomic mass is 9.92. The van der Waals surface area contributed by atoms with Gasteiger partial charge in [-0.05, 0) is 36.7 Å². The maximum atomic E-state index is 12.3. The normalized spacial score (nSPS) is 25.3. The van der Waals surface area contributed by atoms with Crippen LogP contribution in [0.25, 0.3) is 0 Å². The maximum Gasteiger partial charge on any atom is 0.308 e. The molecular formula is C15H21N3O3. The minimum absolute atomic E-state index is 0.0632. The molecule has 1 aromatic heterocycles. The smallest absolute Gasteiger partial charge is 0.308 e. The Hall–Kier alpha value is -1.85. The average Bonchev–Trinajstić information content (AvgIpc) is 3.05. The summed E-state index contributed by atoms with van der Waals surface area (Å²) in [7, 11) is 1.85. The number of hydrogen-bond donors (Lipinski definition) is 1. The second kappa shape index (κ2) is 5.50. The molecule has 0 radical (unpaired) electrons. The first kappa shape index (κ1) is 14.1. The van der Waals surface area contributed by atoms with Gasteiger partial charge < -0.3 is 10.0 Å². The van der Waals surface area contributed by atoms with E-state index in [0.717, 1.165) is 18.4 Å². The monoisotopic (exact) mass is 291 g/mol. The number of nitrogens with zero attached hydrogens (tertiary/aromatic N) is 3. The molecule has 0 bridgehead atoms. The molecule has 6 nitrogen and oxygen atoms in total. The van der Waals surface area contributed by atoms with Crippen molar-refractivity contribution in [3.63, 3.8) is 0 Å². The predicted octanol–water partition coefficient (Wildman–Crippen LogP) is 0.922. The van der Waals surface area contributed by atoms with Gasteiger partial charge in [-0.1, -0.05) is 0 Å². The molecule has 0 aromatic carbocycles. The van der Waals surface area contributed by atoms with Crippen LogP contribution in [0.3, 0.4) is 0 Å². The predicted molar refractivity (Wildman–Crippen MR) is 75.4 cm³/mol. The van der Waals surface area contributed by atoms with Crippen molar-refractivity contribution in [3.05, 3.63) is 18.0 Å². The molecule has 1 aromatic rings. The number of carbonyl (C=O) groups excluding carboxylic acids is 1. The van der Waals surface area contributed by atoms with Crippen molar-refractivity contribution in [2.75, 3.05) is 13.1 Å². The van der Waals surface area contributed by atoms with Crippen LogP contribution in [0.1, 0.15) is 24.8 Å². The number of aliphatic carboxylic acids is 1. The number of aryl methyl sites for hydroxylation is 2. The number of aromatic nitrogens is 2. The van der Waals surface area contributed by atoms with E-state index in [0.29, 0.717) is 31.8 Å². The minimum atomic E-state index is -0.755. The molecule has 1 saturated heterocycles. The molecule has 6 heteroatoms. The van der Waals surface area contributed by atoms with Crippen LogP contribution in [-0.4, -0.2) is 44.8 Å². The molecule has 2 heterocycles. The Kier molecular flexibility index (Phi) is 3.69. The Morgan fingerprint density at radius 3 is 2.71 bits per heavy atom. The third-order valence-electron chi connectivity index (χ3n) is 4.65. The summed E-state index contributed by atoms with van der Waals surface area (Å²) in [6.45, 7) is 0.996. The highest BCUT2D eigenvalue weighted by Gasteiger charge is 2.46. The van der Waals surface area contributed by atoms with Gasteiger partial charge in [0.2, 0.25) is 5.91 Å². The Morgan fingerprint density at radius 2 is 2.14 bits per heavy atom. The van der Waals surface area contributed by atoms with Crippen LogP contribution in [0.2, 0.25) is 0 Å². The van der Waals surface area contributed by atoms with Crippen LogP contribution in [0.5, 0.6) is 0 Å². The van der Waals surface area contributed by atoms with E-state index in [9.17, 15) is 14.7 Å². The summed E-state index contributed by atoms with van der Waals surface area (Å²) in [5, 5.41) is 13.4. The lowest BCUT2D eigenvalue weighted by Gasteiger charge is -2.16. The molecule has 0 spiro atoms. The topological polar surface area (TPSA) is 75.4 Å². The van der Waals surface area contributed by atoms with E-state index in [-0.39, 0.29) is 17.7 Å². The van der Waals surface area contributed by atoms with Crippen molar-refractivity contribution >= 4 is 11.9 Å². The van der Waals surface area contributed by atoms with Crippen LogP contribution in [0.4, 0.5) is 0 Å². The number of carboxylic acid groups (broad SMARTS) is 1. The summed E-state index contributed by atoms with van der Waals surface area (Å²) < 4.78 is 1.72. The van der Waals surface area contributed by atoms with Crippen molar-refractivity contribution in [3.8, 4) is 0 Å². The Labute approximate surface area is 123 Å². The summed E-state index contributed by atoms with van der Waals surface area (Å²) in [6, 6.07) is 0. The van der Waals surface area contributed by atoms with E-state index < -0.39 is 5.97 Å². The van der Waals surface area contributed by atoms with Crippen LogP contribution in [0.15, 0.2) is 12.4 Å². The molecule has 1 saturated carbocycles. The Morgan fingerprint density at radius 1 is 1.38 bits per heavy atom. The average molecular weight is 291 g/mol. The van der Waals surface area contributed by atoms with Gasteiger partial charge in [-0.15, -0.1) is 0 Å². The van der Waals surface area contributed by atoms with Gasteiger partial charge in [0.1, 0.15) is 0 Å². The number of rotatable bonds is 5. The van der Waals surface area contributed by atoms with E-state index >= 15 is 0 Å². The first-order valence-corrected chi connectivity index (χ1v) is 7.52. The van der Waals surface area contributed by atoms with Gasteiger partial charge in [0.05, 0.1) is 12.1 Å². The fourth-order valence-electron chi connectivity index (χ4n) is 3.31. The number of hydrogen-bond acceptors (Lipinski definition) is 3. The van der Waals surface area contributed by atoms with Gasteiger partial charge in [-0.3, -0.25) is 14.3 Å². The van der Waals surface area contributed by atoms with Gasteiger partial charge in [0.15, 0.2) is 0 Å². The third kappa shape index (κ3) is 3.09. The van der Waals surface area contributed by atoms with Crippen molar-refractivity contribution in [1.29, 1.82) is 0 Å². The van der Waals surface area contributed by atoms with Crippen LogP contribution < -0.4 is 0 Å². The molecule has 114 valence electrons. The SMILES string of the molecule is Cn1cc(CCC(=O)N2C[C@H](C(=O)O)[C@@H](C3CC3)C2)cn1. The molecule has 2 atom stereocenters. The lowest BCUT2D eigenvalue weighted by molar-refractivity contribution is -0.142. The highest BCUT2D eigenvalue weighted by Crippen LogP contribution is 2.44. The molecular weight excluding hydrogens is 270 g/mol. The summed E-state index contributed by atoms with van der Waals surface area (Å²) in [4.78, 5) is 25.4. The van der Waals surface area contributed by atoms with Crippen molar-refractivity contribution in [1.82, 2.24) is 14.7 Å². The largest absolute Gasteiger partial charge is 0.481 e. The molecule has 1 amide bonds. The number of carboxylic acids is 1. The molecule has 1 N–H and O–H groups in total. The molecule has 3 rings (SSSR count). The zero-order chi connectivity index (χ0) is 15.0. The third-order valence-corrected chi connectivity index (χ3v) is 4.65. The van der Waals surface area contributed by atoms with Crippen LogP contribution >= 0.6 is 0 Å². The molecule has 1 aliphatic heterocycles. The molecule has 0 unspecified atom stereocenters. The van der Waals surface area contributed by atoms with E-state index in [4.69, 9.17) is 0 Å². The Balaban J connectivity index is 1.56. The van der Waals surface area contributed by atoms with Gasteiger partial charge >= 0.3 is 5.97 Å². The molecule has 2 fully saturated rings. The van der Waals surface area contributed by atoms with Gasteiger partial charge in [0.25, 0.3) is 0 Å². The van der Waals surface area contributed by atoms with E-state index in [1.54, 1.807) is 15.8 Å². The van der Waals surface area contributed by atoms with E-state index in [1.165, 1.54) is 0 Å². The highest BCUT2D eigenvalue weighted by atomic mass is 16.4. The van der Waals surface area contributed by atoms with Gasteiger partial charge in [-0.25, -0.2) is 0 Å². The van der Waals surface area contributed by atoms with Crippen molar-refractivity contribution in [2.24, 2.45) is 24.8 Å². The fraction of sp³-hybridized carbons (Fsp3) is 0.667. The lowest BCUT2D eigenvalue weighted by Crippen LogP contribution is -2.30. The first-order chi connectivity index (χ1) is 10.0. The van der Waals surface area contributed by atoms with Gasteiger partial charge in [0, 0.05) is 32.8 Å². The summed E-state index contributed by atoms with van der Waals surface area (Å²) in [5.74, 6) is -0.394. The minimum Gasteiger partial charge on any atom is -0.481 e. The van der Waals surface area contributed by atoms with Crippen LogP contribution in [0, 0.1) is 17.8 Å². The van der Waals surface area contributed by atoms with E-state index in [2.05, 4.69) is 5.10 Å². The van der Waals surface area contributed by atoms with Crippen LogP contribution in [-0.2, 0) is 23.1 Å². The first-order valence-electron chi connectivity index (χ1n) is 7.52. The zero-order valence-corrected chi connectivity index (χ0v) is 12.2. The summed E-state index contributed by atoms with van der Waals surface area (Å²) in [5.41, 5.74) is 1.04. The molecule has 2 aliphatic rings. The standard InChI is InChI=1S/C15H21N3O3/c1-17-7-10(6-16-17)2-5-14(19)18-8-12(11-3-4-11)13(9-18)15(20)21/h6-7,11-13H,2-5,8-9H2,1H3,(H,20,21)/t12-,13+/m1/s1. The molecule has 1 aliphatic carbocycles. The second-order valence-electron chi connectivity index (χ2n) is 6.27. The fourth-order valence-corrected chi connectivity index (χ4v) is 3.31. The second-order valence-corrected chi connectivity index (χ2v) is 6.27. The van der Waals surface area contributed by atoms with Gasteiger partial charge in [-0.2, -0.15) is 5.10 Å².